The topological polar surface area (TPSA) is 40.6 Å². The third-order valence-corrected chi connectivity index (χ3v) is 6.40. The van der Waals surface area contributed by atoms with Crippen molar-refractivity contribution in [2.75, 3.05) is 18.5 Å². The summed E-state index contributed by atoms with van der Waals surface area (Å²) in [6.07, 6.45) is 7.17. The molecule has 4 nitrogen and oxygen atoms in total. The number of hydrogen-bond donors (Lipinski definition) is 0. The lowest BCUT2D eigenvalue weighted by Gasteiger charge is -2.44. The van der Waals surface area contributed by atoms with Crippen LogP contribution in [-0.2, 0) is 0 Å². The number of likely N-dealkylation sites (tertiary alicyclic amines) is 1. The number of piperidine rings is 1. The predicted octanol–water partition coefficient (Wildman–Crippen LogP) is 4.90. The highest BCUT2D eigenvalue weighted by molar-refractivity contribution is 6.06. The molecule has 0 spiro atoms. The van der Waals surface area contributed by atoms with Crippen LogP contribution in [0.3, 0.4) is 0 Å². The SMILES string of the molecule is CN(C(=O)c1ccc(F)cc1)c1ccc(C(=O)N2CCC[C@H]3CCCCC32)cc1. The molecule has 0 radical (unpaired) electrons. The average Bonchev–Trinajstić information content (AvgIpc) is 2.78. The summed E-state index contributed by atoms with van der Waals surface area (Å²) in [5.41, 5.74) is 1.79. The van der Waals surface area contributed by atoms with Crippen LogP contribution in [0.5, 0.6) is 0 Å². The number of rotatable bonds is 3. The summed E-state index contributed by atoms with van der Waals surface area (Å²) in [5.74, 6) is 0.163. The molecule has 1 saturated heterocycles. The van der Waals surface area contributed by atoms with Crippen molar-refractivity contribution in [2.24, 2.45) is 5.92 Å². The molecular weight excluding hydrogens is 367 g/mol. The first-order valence-electron chi connectivity index (χ1n) is 10.5. The Morgan fingerprint density at radius 2 is 1.52 bits per heavy atom. The van der Waals surface area contributed by atoms with Gasteiger partial charge in [0.25, 0.3) is 11.8 Å². The van der Waals surface area contributed by atoms with E-state index in [0.29, 0.717) is 28.8 Å². The highest BCUT2D eigenvalue weighted by Crippen LogP contribution is 2.36. The molecule has 0 aromatic heterocycles. The molecule has 0 N–H and O–H groups in total. The van der Waals surface area contributed by atoms with Gasteiger partial charge in [-0.05, 0) is 80.1 Å². The fourth-order valence-electron chi connectivity index (χ4n) is 4.77. The van der Waals surface area contributed by atoms with Crippen molar-refractivity contribution in [2.45, 2.75) is 44.6 Å². The first-order valence-corrected chi connectivity index (χ1v) is 10.5. The van der Waals surface area contributed by atoms with Gasteiger partial charge >= 0.3 is 0 Å². The molecule has 152 valence electrons. The van der Waals surface area contributed by atoms with Crippen molar-refractivity contribution in [3.63, 3.8) is 0 Å². The summed E-state index contributed by atoms with van der Waals surface area (Å²) in [4.78, 5) is 29.3. The molecule has 2 aliphatic rings. The van der Waals surface area contributed by atoms with Gasteiger partial charge in [0.1, 0.15) is 5.82 Å². The van der Waals surface area contributed by atoms with E-state index in [1.807, 2.05) is 0 Å². The number of halogens is 1. The number of hydrogen-bond acceptors (Lipinski definition) is 2. The molecule has 5 heteroatoms. The predicted molar refractivity (Wildman–Crippen MR) is 112 cm³/mol. The van der Waals surface area contributed by atoms with E-state index in [9.17, 15) is 14.0 Å². The fraction of sp³-hybridized carbons (Fsp3) is 0.417. The van der Waals surface area contributed by atoms with Crippen molar-refractivity contribution in [3.8, 4) is 0 Å². The summed E-state index contributed by atoms with van der Waals surface area (Å²) in [6.45, 7) is 0.838. The van der Waals surface area contributed by atoms with Crippen LogP contribution >= 0.6 is 0 Å². The zero-order chi connectivity index (χ0) is 20.4. The van der Waals surface area contributed by atoms with E-state index >= 15 is 0 Å². The number of amides is 2. The highest BCUT2D eigenvalue weighted by atomic mass is 19.1. The molecule has 1 aliphatic carbocycles. The van der Waals surface area contributed by atoms with E-state index in [0.717, 1.165) is 19.4 Å². The van der Waals surface area contributed by atoms with Crippen LogP contribution in [-0.4, -0.2) is 36.3 Å². The van der Waals surface area contributed by atoms with Crippen molar-refractivity contribution in [3.05, 3.63) is 65.5 Å². The van der Waals surface area contributed by atoms with E-state index in [2.05, 4.69) is 4.90 Å². The molecule has 0 bridgehead atoms. The van der Waals surface area contributed by atoms with E-state index in [1.54, 1.807) is 31.3 Å². The Morgan fingerprint density at radius 3 is 2.24 bits per heavy atom. The Kier molecular flexibility index (Phi) is 5.65. The van der Waals surface area contributed by atoms with Crippen LogP contribution in [0.4, 0.5) is 10.1 Å². The normalized spacial score (nSPS) is 21.4. The van der Waals surface area contributed by atoms with E-state index in [-0.39, 0.29) is 17.6 Å². The number of benzene rings is 2. The van der Waals surface area contributed by atoms with Gasteiger partial charge in [-0.2, -0.15) is 0 Å². The van der Waals surface area contributed by atoms with Crippen molar-refractivity contribution >= 4 is 17.5 Å². The minimum Gasteiger partial charge on any atom is -0.335 e. The highest BCUT2D eigenvalue weighted by Gasteiger charge is 2.35. The molecule has 1 saturated carbocycles. The molecule has 4 rings (SSSR count). The van der Waals surface area contributed by atoms with Crippen LogP contribution in [0.25, 0.3) is 0 Å². The number of nitrogens with zero attached hydrogens (tertiary/aromatic N) is 2. The number of fused-ring (bicyclic) bond motifs is 1. The Balaban J connectivity index is 1.47. The lowest BCUT2D eigenvalue weighted by atomic mass is 9.78. The molecule has 29 heavy (non-hydrogen) atoms. The van der Waals surface area contributed by atoms with Crippen LogP contribution in [0.2, 0.25) is 0 Å². The third kappa shape index (κ3) is 4.04. The second-order valence-corrected chi connectivity index (χ2v) is 8.17. The van der Waals surface area contributed by atoms with Crippen LogP contribution in [0.15, 0.2) is 48.5 Å². The maximum atomic E-state index is 13.1. The number of carbonyl (C=O) groups is 2. The molecular formula is C24H27FN2O2. The Morgan fingerprint density at radius 1 is 0.897 bits per heavy atom. The maximum Gasteiger partial charge on any atom is 0.258 e. The van der Waals surface area contributed by atoms with Gasteiger partial charge in [-0.25, -0.2) is 4.39 Å². The van der Waals surface area contributed by atoms with Gasteiger partial charge in [0.15, 0.2) is 0 Å². The Labute approximate surface area is 171 Å². The Bertz CT molecular complexity index is 877. The van der Waals surface area contributed by atoms with Gasteiger partial charge < -0.3 is 9.80 Å². The lowest BCUT2D eigenvalue weighted by Crippen LogP contribution is -2.49. The third-order valence-electron chi connectivity index (χ3n) is 6.40. The first kappa shape index (κ1) is 19.6. The lowest BCUT2D eigenvalue weighted by molar-refractivity contribution is 0.0390. The number of carbonyl (C=O) groups excluding carboxylic acids is 2. The van der Waals surface area contributed by atoms with Gasteiger partial charge in [0, 0.05) is 36.4 Å². The molecule has 1 unspecified atom stereocenters. The minimum absolute atomic E-state index is 0.0978. The molecule has 1 aliphatic heterocycles. The monoisotopic (exact) mass is 394 g/mol. The molecule has 2 atom stereocenters. The average molecular weight is 394 g/mol. The molecule has 2 aromatic rings. The second kappa shape index (κ2) is 8.36. The quantitative estimate of drug-likeness (QED) is 0.743. The first-order chi connectivity index (χ1) is 14.0. The zero-order valence-electron chi connectivity index (χ0n) is 16.8. The van der Waals surface area contributed by atoms with E-state index in [4.69, 9.17) is 0 Å². The van der Waals surface area contributed by atoms with E-state index < -0.39 is 0 Å². The van der Waals surface area contributed by atoms with Crippen molar-refractivity contribution < 1.29 is 14.0 Å². The smallest absolute Gasteiger partial charge is 0.258 e. The van der Waals surface area contributed by atoms with Crippen molar-refractivity contribution in [1.29, 1.82) is 0 Å². The summed E-state index contributed by atoms with van der Waals surface area (Å²) >= 11 is 0. The molecule has 2 amide bonds. The van der Waals surface area contributed by atoms with Crippen LogP contribution in [0.1, 0.15) is 59.2 Å². The summed E-state index contributed by atoms with van der Waals surface area (Å²) in [6, 6.07) is 13.1. The maximum absolute atomic E-state index is 13.1. The van der Waals surface area contributed by atoms with Gasteiger partial charge in [0.2, 0.25) is 0 Å². The van der Waals surface area contributed by atoms with E-state index in [1.165, 1.54) is 54.8 Å². The largest absolute Gasteiger partial charge is 0.335 e. The second-order valence-electron chi connectivity index (χ2n) is 8.17. The fourth-order valence-corrected chi connectivity index (χ4v) is 4.77. The zero-order valence-corrected chi connectivity index (χ0v) is 16.8. The summed E-state index contributed by atoms with van der Waals surface area (Å²) in [7, 11) is 1.68. The van der Waals surface area contributed by atoms with Gasteiger partial charge in [-0.3, -0.25) is 9.59 Å². The van der Waals surface area contributed by atoms with Crippen LogP contribution in [0, 0.1) is 11.7 Å². The van der Waals surface area contributed by atoms with Gasteiger partial charge in [0.05, 0.1) is 0 Å². The Hall–Kier alpha value is -2.69. The standard InChI is InChI=1S/C24H27FN2O2/c1-26(23(28)18-8-12-20(25)13-9-18)21-14-10-19(11-15-21)24(29)27-16-4-6-17-5-2-3-7-22(17)27/h8-15,17,22H,2-7,16H2,1H3/t17-,22?/m1/s1. The number of anilines is 1. The minimum atomic E-state index is -0.370. The molecule has 1 heterocycles. The molecule has 2 aromatic carbocycles. The summed E-state index contributed by atoms with van der Waals surface area (Å²) in [5, 5.41) is 0. The van der Waals surface area contributed by atoms with Gasteiger partial charge in [-0.15, -0.1) is 0 Å². The van der Waals surface area contributed by atoms with Gasteiger partial charge in [-0.1, -0.05) is 12.8 Å². The van der Waals surface area contributed by atoms with Crippen molar-refractivity contribution in [1.82, 2.24) is 4.90 Å². The summed E-state index contributed by atoms with van der Waals surface area (Å²) < 4.78 is 13.1. The van der Waals surface area contributed by atoms with Crippen LogP contribution < -0.4 is 4.90 Å². The molecule has 2 fully saturated rings.